The number of carbonyl (C=O) groups excluding carboxylic acids is 4. The Morgan fingerprint density at radius 1 is 1.06 bits per heavy atom. The number of ether oxygens (including phenoxy) is 2. The normalized spacial score (nSPS) is 21.2. The highest BCUT2D eigenvalue weighted by Gasteiger charge is 2.50. The topological polar surface area (TPSA) is 102 Å². The van der Waals surface area contributed by atoms with Gasteiger partial charge in [0.2, 0.25) is 11.8 Å². The van der Waals surface area contributed by atoms with Gasteiger partial charge in [-0.2, -0.15) is 0 Å². The lowest BCUT2D eigenvalue weighted by Gasteiger charge is -2.22. The number of hydrogen-bond acceptors (Lipinski definition) is 6. The molecular weight excluding hydrogens is 436 g/mol. The first-order valence-electron chi connectivity index (χ1n) is 11.2. The number of esters is 1. The molecule has 1 fully saturated rings. The van der Waals surface area contributed by atoms with Crippen molar-refractivity contribution in [1.82, 2.24) is 0 Å². The minimum atomic E-state index is -0.689. The monoisotopic (exact) mass is 462 g/mol. The van der Waals surface area contributed by atoms with Gasteiger partial charge in [-0.25, -0.2) is 4.79 Å². The zero-order chi connectivity index (χ0) is 24.2. The Morgan fingerprint density at radius 3 is 2.50 bits per heavy atom. The summed E-state index contributed by atoms with van der Waals surface area (Å²) in [6, 6.07) is 13.0. The van der Waals surface area contributed by atoms with Crippen LogP contribution in [0.15, 0.2) is 60.7 Å². The molecule has 0 spiro atoms. The second-order valence-electron chi connectivity index (χ2n) is 8.27. The van der Waals surface area contributed by atoms with E-state index < -0.39 is 18.5 Å². The molecule has 8 heteroatoms. The number of hydrogen-bond donors (Lipinski definition) is 1. The highest BCUT2D eigenvalue weighted by Crippen LogP contribution is 2.40. The molecule has 2 aliphatic rings. The van der Waals surface area contributed by atoms with E-state index >= 15 is 0 Å². The molecule has 0 bridgehead atoms. The Hall–Kier alpha value is -3.94. The van der Waals surface area contributed by atoms with Crippen LogP contribution in [0.4, 0.5) is 11.4 Å². The third kappa shape index (κ3) is 4.57. The van der Waals surface area contributed by atoms with Gasteiger partial charge in [0, 0.05) is 0 Å². The molecule has 4 rings (SSSR count). The molecule has 1 aliphatic heterocycles. The van der Waals surface area contributed by atoms with Crippen LogP contribution >= 0.6 is 0 Å². The molecule has 2 aromatic rings. The summed E-state index contributed by atoms with van der Waals surface area (Å²) in [5.74, 6) is -1.80. The predicted octanol–water partition coefficient (Wildman–Crippen LogP) is 3.58. The van der Waals surface area contributed by atoms with Gasteiger partial charge in [0.05, 0.1) is 35.4 Å². The fourth-order valence-electron chi connectivity index (χ4n) is 4.40. The number of allylic oxidation sites excluding steroid dienone is 2. The second kappa shape index (κ2) is 9.91. The van der Waals surface area contributed by atoms with E-state index in [4.69, 9.17) is 9.47 Å². The third-order valence-corrected chi connectivity index (χ3v) is 6.03. The smallest absolute Gasteiger partial charge is 0.338 e. The number of imide groups is 1. The number of amides is 3. The van der Waals surface area contributed by atoms with Crippen molar-refractivity contribution in [2.45, 2.75) is 20.3 Å². The zero-order valence-corrected chi connectivity index (χ0v) is 19.0. The lowest BCUT2D eigenvalue weighted by molar-refractivity contribution is -0.123. The summed E-state index contributed by atoms with van der Waals surface area (Å²) in [7, 11) is 0. The van der Waals surface area contributed by atoms with Crippen molar-refractivity contribution in [2.24, 2.45) is 17.8 Å². The van der Waals surface area contributed by atoms with Crippen molar-refractivity contribution in [1.29, 1.82) is 0 Å². The number of nitrogens with one attached hydrogen (secondary N) is 1. The summed E-state index contributed by atoms with van der Waals surface area (Å²) in [5.41, 5.74) is 1.11. The summed E-state index contributed by atoms with van der Waals surface area (Å²) in [5, 5.41) is 2.66. The molecule has 1 aliphatic carbocycles. The second-order valence-corrected chi connectivity index (χ2v) is 8.27. The first-order valence-corrected chi connectivity index (χ1v) is 11.2. The van der Waals surface area contributed by atoms with Gasteiger partial charge in [-0.15, -0.1) is 0 Å². The number of rotatable bonds is 7. The van der Waals surface area contributed by atoms with E-state index in [0.29, 0.717) is 30.2 Å². The van der Waals surface area contributed by atoms with E-state index in [0.717, 1.165) is 0 Å². The van der Waals surface area contributed by atoms with Crippen LogP contribution in [0.5, 0.6) is 5.75 Å². The summed E-state index contributed by atoms with van der Waals surface area (Å²) < 4.78 is 10.6. The first kappa shape index (κ1) is 23.2. The highest BCUT2D eigenvalue weighted by atomic mass is 16.5. The van der Waals surface area contributed by atoms with Crippen LogP contribution in [0.1, 0.15) is 30.6 Å². The summed E-state index contributed by atoms with van der Waals surface area (Å²) >= 11 is 0. The summed E-state index contributed by atoms with van der Waals surface area (Å²) in [6.45, 7) is 3.75. The quantitative estimate of drug-likeness (QED) is 0.383. The molecule has 0 saturated carbocycles. The minimum absolute atomic E-state index is 0.00102. The van der Waals surface area contributed by atoms with E-state index in [9.17, 15) is 19.2 Å². The molecule has 0 unspecified atom stereocenters. The van der Waals surface area contributed by atoms with Crippen molar-refractivity contribution in [3.63, 3.8) is 0 Å². The fourth-order valence-corrected chi connectivity index (χ4v) is 4.40. The molecule has 3 amide bonds. The van der Waals surface area contributed by atoms with Gasteiger partial charge >= 0.3 is 5.97 Å². The standard InChI is InChI=1S/C26H26N2O6/c1-3-33-21-10-5-4-9-20(21)27-22(29)15-34-26(32)17-11-13-18(14-12-17)28-24(30)19-8-6-7-16(2)23(19)25(28)31/h4-7,9-14,16,19,23H,3,8,15H2,1-2H3,(H,27,29)/t16-,19+,23-/m0/s1. The summed E-state index contributed by atoms with van der Waals surface area (Å²) in [4.78, 5) is 51.6. The van der Waals surface area contributed by atoms with Gasteiger partial charge < -0.3 is 14.8 Å². The van der Waals surface area contributed by atoms with Crippen LogP contribution in [0.25, 0.3) is 0 Å². The molecule has 1 N–H and O–H groups in total. The fraction of sp³-hybridized carbons (Fsp3) is 0.308. The van der Waals surface area contributed by atoms with Crippen LogP contribution in [0.2, 0.25) is 0 Å². The molecular formula is C26H26N2O6. The van der Waals surface area contributed by atoms with Crippen molar-refractivity contribution < 1.29 is 28.7 Å². The summed E-state index contributed by atoms with van der Waals surface area (Å²) in [6.07, 6.45) is 4.48. The van der Waals surface area contributed by atoms with Crippen LogP contribution in [-0.2, 0) is 19.1 Å². The van der Waals surface area contributed by atoms with Gasteiger partial charge in [-0.1, -0.05) is 31.2 Å². The molecule has 2 aromatic carbocycles. The Morgan fingerprint density at radius 2 is 1.79 bits per heavy atom. The molecule has 0 aromatic heterocycles. The van der Waals surface area contributed by atoms with E-state index in [1.165, 1.54) is 17.0 Å². The average molecular weight is 463 g/mol. The lowest BCUT2D eigenvalue weighted by atomic mass is 9.78. The molecule has 8 nitrogen and oxygen atoms in total. The zero-order valence-electron chi connectivity index (χ0n) is 19.0. The number of nitrogens with zero attached hydrogens (tertiary/aromatic N) is 1. The number of fused-ring (bicyclic) bond motifs is 1. The van der Waals surface area contributed by atoms with E-state index in [-0.39, 0.29) is 35.1 Å². The van der Waals surface area contributed by atoms with Crippen molar-refractivity contribution in [2.75, 3.05) is 23.4 Å². The minimum Gasteiger partial charge on any atom is -0.492 e. The van der Waals surface area contributed by atoms with Gasteiger partial charge in [-0.3, -0.25) is 19.3 Å². The van der Waals surface area contributed by atoms with Crippen molar-refractivity contribution >= 4 is 35.1 Å². The lowest BCUT2D eigenvalue weighted by Crippen LogP contribution is -2.31. The molecule has 3 atom stereocenters. The molecule has 1 heterocycles. The maximum absolute atomic E-state index is 12.9. The number of benzene rings is 2. The van der Waals surface area contributed by atoms with Crippen LogP contribution in [0, 0.1) is 17.8 Å². The van der Waals surface area contributed by atoms with Gasteiger partial charge in [0.1, 0.15) is 5.75 Å². The molecule has 1 saturated heterocycles. The predicted molar refractivity (Wildman–Crippen MR) is 125 cm³/mol. The van der Waals surface area contributed by atoms with Crippen molar-refractivity contribution in [3.8, 4) is 5.75 Å². The largest absolute Gasteiger partial charge is 0.492 e. The van der Waals surface area contributed by atoms with Gasteiger partial charge in [0.15, 0.2) is 6.61 Å². The molecule has 176 valence electrons. The molecule has 0 radical (unpaired) electrons. The van der Waals surface area contributed by atoms with Crippen LogP contribution in [0.3, 0.4) is 0 Å². The van der Waals surface area contributed by atoms with E-state index in [1.807, 2.05) is 26.0 Å². The van der Waals surface area contributed by atoms with Crippen LogP contribution < -0.4 is 15.0 Å². The Bertz CT molecular complexity index is 1140. The first-order chi connectivity index (χ1) is 16.4. The van der Waals surface area contributed by atoms with Crippen LogP contribution in [-0.4, -0.2) is 36.9 Å². The number of para-hydroxylation sites is 2. The number of carbonyl (C=O) groups is 4. The Labute approximate surface area is 197 Å². The maximum atomic E-state index is 12.9. The Kier molecular flexibility index (Phi) is 6.77. The Balaban J connectivity index is 1.36. The molecule has 34 heavy (non-hydrogen) atoms. The van der Waals surface area contributed by atoms with E-state index in [2.05, 4.69) is 5.32 Å². The maximum Gasteiger partial charge on any atom is 0.338 e. The van der Waals surface area contributed by atoms with Gasteiger partial charge in [0.25, 0.3) is 5.91 Å². The van der Waals surface area contributed by atoms with Crippen molar-refractivity contribution in [3.05, 3.63) is 66.2 Å². The van der Waals surface area contributed by atoms with E-state index in [1.54, 1.807) is 36.4 Å². The number of anilines is 2. The third-order valence-electron chi connectivity index (χ3n) is 6.03. The van der Waals surface area contributed by atoms with Gasteiger partial charge in [-0.05, 0) is 55.7 Å². The SMILES string of the molecule is CCOc1ccccc1NC(=O)COC(=O)c1ccc(N2C(=O)[C@H]3[C@@H](C)C=CC[C@H]3C2=O)cc1. The average Bonchev–Trinajstić information content (AvgIpc) is 3.10. The highest BCUT2D eigenvalue weighted by molar-refractivity contribution is 6.22.